The molecule has 0 aliphatic carbocycles. The number of rotatable bonds is 6. The highest BCUT2D eigenvalue weighted by atomic mass is 35.5. The molecule has 0 aliphatic heterocycles. The molecule has 2 aromatic heterocycles. The van der Waals surface area contributed by atoms with Gasteiger partial charge in [0.15, 0.2) is 11.5 Å². The third kappa shape index (κ3) is 3.93. The van der Waals surface area contributed by atoms with Crippen molar-refractivity contribution in [1.82, 2.24) is 4.98 Å². The quantitative estimate of drug-likeness (QED) is 0.299. The number of para-hydroxylation sites is 1. The van der Waals surface area contributed by atoms with E-state index in [9.17, 15) is 5.11 Å². The van der Waals surface area contributed by atoms with E-state index in [-0.39, 0.29) is 18.3 Å². The minimum absolute atomic E-state index is 0. The average Bonchev–Trinajstić information content (AvgIpc) is 3.19. The van der Waals surface area contributed by atoms with Gasteiger partial charge in [-0.3, -0.25) is 0 Å². The van der Waals surface area contributed by atoms with E-state index in [1.165, 1.54) is 0 Å². The number of ether oxygens (including phenoxy) is 2. The first kappa shape index (κ1) is 22.7. The summed E-state index contributed by atoms with van der Waals surface area (Å²) in [6.45, 7) is 2.10. The maximum absolute atomic E-state index is 10.9. The van der Waals surface area contributed by atoms with Crippen molar-refractivity contribution < 1.29 is 19.0 Å². The summed E-state index contributed by atoms with van der Waals surface area (Å²) in [6, 6.07) is 18.1. The van der Waals surface area contributed by atoms with E-state index >= 15 is 0 Å². The van der Waals surface area contributed by atoms with Crippen molar-refractivity contribution in [2.45, 2.75) is 26.2 Å². The average molecular weight is 464 g/mol. The Morgan fingerprint density at radius 1 is 0.848 bits per heavy atom. The minimum atomic E-state index is 0. The zero-order chi connectivity index (χ0) is 22.2. The van der Waals surface area contributed by atoms with Gasteiger partial charge in [-0.1, -0.05) is 37.6 Å². The lowest BCUT2D eigenvalue weighted by molar-refractivity contribution is 0.355. The molecule has 0 radical (unpaired) electrons. The van der Waals surface area contributed by atoms with Crippen LogP contribution in [0.3, 0.4) is 0 Å². The zero-order valence-electron chi connectivity index (χ0n) is 18.8. The van der Waals surface area contributed by atoms with Crippen LogP contribution in [0.5, 0.6) is 17.4 Å². The molecule has 170 valence electrons. The summed E-state index contributed by atoms with van der Waals surface area (Å²) in [5, 5.41) is 15.0. The predicted octanol–water partition coefficient (Wildman–Crippen LogP) is 6.82. The van der Waals surface area contributed by atoms with Gasteiger partial charge in [-0.05, 0) is 47.7 Å². The maximum Gasteiger partial charge on any atom is 0.215 e. The van der Waals surface area contributed by atoms with Crippen LogP contribution in [0.2, 0.25) is 0 Å². The smallest absolute Gasteiger partial charge is 0.215 e. The number of aryl methyl sites for hydroxylation is 1. The molecule has 0 unspecified atom stereocenters. The van der Waals surface area contributed by atoms with Crippen molar-refractivity contribution in [2.75, 3.05) is 14.2 Å². The number of fused-ring (bicyclic) bond motifs is 4. The second-order valence-electron chi connectivity index (χ2n) is 7.97. The van der Waals surface area contributed by atoms with E-state index < -0.39 is 0 Å². The number of benzene rings is 3. The molecule has 0 saturated carbocycles. The van der Waals surface area contributed by atoms with Crippen molar-refractivity contribution in [2.24, 2.45) is 0 Å². The van der Waals surface area contributed by atoms with Crippen LogP contribution in [0.25, 0.3) is 32.7 Å². The number of furan rings is 1. The first-order valence-electron chi connectivity index (χ1n) is 10.8. The normalized spacial score (nSPS) is 11.1. The Hall–Kier alpha value is -3.44. The maximum atomic E-state index is 10.9. The molecule has 3 aromatic carbocycles. The first-order chi connectivity index (χ1) is 15.6. The number of aromatic hydroxyl groups is 1. The third-order valence-corrected chi connectivity index (χ3v) is 5.98. The fourth-order valence-corrected chi connectivity index (χ4v) is 4.43. The van der Waals surface area contributed by atoms with Crippen LogP contribution in [0.15, 0.2) is 59.0 Å². The summed E-state index contributed by atoms with van der Waals surface area (Å²) in [6.07, 6.45) is 2.24. The van der Waals surface area contributed by atoms with E-state index in [2.05, 4.69) is 24.0 Å². The third-order valence-electron chi connectivity index (χ3n) is 5.98. The van der Waals surface area contributed by atoms with E-state index in [0.29, 0.717) is 17.9 Å². The van der Waals surface area contributed by atoms with Crippen LogP contribution in [0, 0.1) is 0 Å². The highest BCUT2D eigenvalue weighted by Crippen LogP contribution is 2.39. The summed E-state index contributed by atoms with van der Waals surface area (Å²) in [7, 11) is 3.25. The second-order valence-corrected chi connectivity index (χ2v) is 7.97. The Morgan fingerprint density at radius 3 is 2.27 bits per heavy atom. The summed E-state index contributed by atoms with van der Waals surface area (Å²) < 4.78 is 17.0. The number of pyridine rings is 1. The molecule has 5 aromatic rings. The highest BCUT2D eigenvalue weighted by molar-refractivity contribution is 6.05. The monoisotopic (exact) mass is 463 g/mol. The van der Waals surface area contributed by atoms with Crippen LogP contribution in [-0.4, -0.2) is 24.3 Å². The van der Waals surface area contributed by atoms with Gasteiger partial charge in [-0.25, -0.2) is 4.98 Å². The van der Waals surface area contributed by atoms with Gasteiger partial charge in [0.1, 0.15) is 11.2 Å². The lowest BCUT2D eigenvalue weighted by atomic mass is 9.96. The highest BCUT2D eigenvalue weighted by Gasteiger charge is 2.18. The SMILES string of the molecule is CCCc1nc(O)c(Cc2ccc3oc4ccccc4c3c2)c2cc(OC)c(OC)cc12.Cl. The summed E-state index contributed by atoms with van der Waals surface area (Å²) in [4.78, 5) is 4.56. The molecular formula is C27H26ClNO4. The van der Waals surface area contributed by atoms with Gasteiger partial charge in [0.2, 0.25) is 5.88 Å². The van der Waals surface area contributed by atoms with Gasteiger partial charge in [0.05, 0.1) is 19.9 Å². The number of nitrogens with zero attached hydrogens (tertiary/aromatic N) is 1. The molecule has 0 fully saturated rings. The Balaban J connectivity index is 0.00000259. The van der Waals surface area contributed by atoms with Crippen LogP contribution >= 0.6 is 12.4 Å². The van der Waals surface area contributed by atoms with Gasteiger partial charge in [0, 0.05) is 28.1 Å². The topological polar surface area (TPSA) is 64.7 Å². The molecule has 0 amide bonds. The lowest BCUT2D eigenvalue weighted by Gasteiger charge is -2.16. The standard InChI is InChI=1S/C27H25NO4.ClH/c1-4-7-22-19-15-26(31-3)25(30-2)14-18(19)21(27(29)28-22)13-16-10-11-24-20(12-16)17-8-5-6-9-23(17)32-24;/h5-6,8-12,14-15H,4,7,13H2,1-3H3,(H,28,29);1H. The molecule has 0 aliphatic rings. The van der Waals surface area contributed by atoms with Crippen molar-refractivity contribution in [3.63, 3.8) is 0 Å². The number of hydrogen-bond donors (Lipinski definition) is 1. The molecule has 2 heterocycles. The van der Waals surface area contributed by atoms with Crippen LogP contribution in [0.1, 0.15) is 30.2 Å². The molecule has 0 spiro atoms. The Bertz CT molecular complexity index is 1460. The number of halogens is 1. The first-order valence-corrected chi connectivity index (χ1v) is 10.8. The molecule has 33 heavy (non-hydrogen) atoms. The van der Waals surface area contributed by atoms with Crippen molar-refractivity contribution in [3.8, 4) is 17.4 Å². The Morgan fingerprint density at radius 2 is 1.55 bits per heavy atom. The molecule has 6 heteroatoms. The van der Waals surface area contributed by atoms with Gasteiger partial charge < -0.3 is 19.0 Å². The fourth-order valence-electron chi connectivity index (χ4n) is 4.43. The fraction of sp³-hybridized carbons (Fsp3) is 0.222. The minimum Gasteiger partial charge on any atom is -0.493 e. The predicted molar refractivity (Wildman–Crippen MR) is 134 cm³/mol. The molecule has 1 N–H and O–H groups in total. The molecule has 0 atom stereocenters. The van der Waals surface area contributed by atoms with Gasteiger partial charge in [-0.15, -0.1) is 12.4 Å². The van der Waals surface area contributed by atoms with Crippen molar-refractivity contribution in [3.05, 3.63) is 71.4 Å². The largest absolute Gasteiger partial charge is 0.493 e. The van der Waals surface area contributed by atoms with E-state index in [4.69, 9.17) is 13.9 Å². The molecular weight excluding hydrogens is 438 g/mol. The van der Waals surface area contributed by atoms with E-state index in [1.807, 2.05) is 42.5 Å². The van der Waals surface area contributed by atoms with Crippen LogP contribution in [-0.2, 0) is 12.8 Å². The number of methoxy groups -OCH3 is 2. The lowest BCUT2D eigenvalue weighted by Crippen LogP contribution is -2.00. The van der Waals surface area contributed by atoms with Gasteiger partial charge in [-0.2, -0.15) is 0 Å². The van der Waals surface area contributed by atoms with Crippen molar-refractivity contribution >= 4 is 45.1 Å². The van der Waals surface area contributed by atoms with Gasteiger partial charge in [0.25, 0.3) is 0 Å². The summed E-state index contributed by atoms with van der Waals surface area (Å²) >= 11 is 0. The Labute approximate surface area is 198 Å². The molecule has 5 nitrogen and oxygen atoms in total. The molecule has 0 bridgehead atoms. The summed E-state index contributed by atoms with van der Waals surface area (Å²) in [5.74, 6) is 1.35. The zero-order valence-corrected chi connectivity index (χ0v) is 19.7. The number of aromatic nitrogens is 1. The second kappa shape index (κ2) is 9.20. The number of hydrogen-bond acceptors (Lipinski definition) is 5. The molecule has 5 rings (SSSR count). The molecule has 0 saturated heterocycles. The van der Waals surface area contributed by atoms with E-state index in [1.54, 1.807) is 14.2 Å². The Kier molecular flexibility index (Phi) is 6.34. The van der Waals surface area contributed by atoms with Crippen LogP contribution < -0.4 is 9.47 Å². The van der Waals surface area contributed by atoms with E-state index in [0.717, 1.165) is 62.4 Å². The van der Waals surface area contributed by atoms with Gasteiger partial charge >= 0.3 is 0 Å². The van der Waals surface area contributed by atoms with Crippen molar-refractivity contribution in [1.29, 1.82) is 0 Å². The summed E-state index contributed by atoms with van der Waals surface area (Å²) in [5.41, 5.74) is 4.43. The van der Waals surface area contributed by atoms with Crippen LogP contribution in [0.4, 0.5) is 0 Å².